The highest BCUT2D eigenvalue weighted by Crippen LogP contribution is 2.20. The molecule has 3 aromatic carbocycles. The van der Waals surface area contributed by atoms with Crippen molar-refractivity contribution in [3.8, 4) is 5.75 Å². The van der Waals surface area contributed by atoms with Gasteiger partial charge in [-0.15, -0.1) is 0 Å². The number of aliphatic hydroxyl groups is 1. The molecule has 38 heteroatoms. The maximum Gasteiger partial charge on any atom is 0.446 e. The molecule has 0 aliphatic carbocycles. The van der Waals surface area contributed by atoms with E-state index in [1.165, 1.54) is 23.9 Å². The van der Waals surface area contributed by atoms with Gasteiger partial charge in [-0.25, -0.2) is 0 Å². The van der Waals surface area contributed by atoms with Crippen molar-refractivity contribution in [2.45, 2.75) is 132 Å². The number of nitrogens with two attached hydrogens (primary N) is 2. The highest BCUT2D eigenvalue weighted by Gasteiger charge is 2.37. The minimum absolute atomic E-state index is 0.0198. The number of carbonyl (C=O) groups is 15. The Morgan fingerprint density at radius 3 is 1.65 bits per heavy atom. The SMILES string of the molecule is CSCCC(NC(=O)C(Cc1c[nH]c2ccccc12)NC(=O)CNC(=O)C(NC(=O)CNC(=O)C(Cc1ccc(OS(=O)(=O)O)cc1)NC(=O)C(CC(=O)O)NC(=O)C(CCC(N)=O)NC(=O)C1CCC(=O)N1)C(C)O)C(=O)NC(CC(=O)O)C(=O)NC(Cc1ccccc1)C(N)=O. The molecule has 4 aromatic rings. The number of hydrogen-bond acceptors (Lipinski definition) is 20. The smallest absolute Gasteiger partial charge is 0.446 e. The number of aromatic nitrogens is 1. The number of amides is 13. The number of aliphatic hydroxyl groups excluding tert-OH is 1. The molecule has 0 saturated carbocycles. The van der Waals surface area contributed by atoms with Gasteiger partial charge < -0.3 is 94.4 Å². The van der Waals surface area contributed by atoms with Crippen molar-refractivity contribution in [2.75, 3.05) is 25.1 Å². The van der Waals surface area contributed by atoms with Crippen LogP contribution in [0.25, 0.3) is 10.9 Å². The van der Waals surface area contributed by atoms with Gasteiger partial charge in [-0.05, 0) is 73.1 Å². The molecule has 36 nitrogen and oxygen atoms in total. The Kier molecular flexibility index (Phi) is 29.9. The summed E-state index contributed by atoms with van der Waals surface area (Å²) in [5, 5.41) is 56.4. The van der Waals surface area contributed by atoms with Crippen molar-refractivity contribution in [3.05, 3.63) is 102 Å². The molecule has 10 unspecified atom stereocenters. The number of hydrogen-bond donors (Lipinski definition) is 18. The second-order valence-electron chi connectivity index (χ2n) is 22.4. The lowest BCUT2D eigenvalue weighted by atomic mass is 10.0. The van der Waals surface area contributed by atoms with Gasteiger partial charge in [0, 0.05) is 49.2 Å². The average molecular weight is 1410 g/mol. The predicted octanol–water partition coefficient (Wildman–Crippen LogP) is -5.40. The molecule has 5 rings (SSSR count). The zero-order chi connectivity index (χ0) is 72.4. The minimum Gasteiger partial charge on any atom is -0.481 e. The van der Waals surface area contributed by atoms with E-state index < -0.39 is 211 Å². The zero-order valence-electron chi connectivity index (χ0n) is 52.7. The third kappa shape index (κ3) is 26.1. The summed E-state index contributed by atoms with van der Waals surface area (Å²) < 4.78 is 36.2. The van der Waals surface area contributed by atoms with Crippen LogP contribution >= 0.6 is 11.8 Å². The van der Waals surface area contributed by atoms with E-state index in [9.17, 15) is 95.7 Å². The van der Waals surface area contributed by atoms with E-state index >= 15 is 0 Å². The summed E-state index contributed by atoms with van der Waals surface area (Å²) in [6, 6.07) is 5.14. The Bertz CT molecular complexity index is 3710. The van der Waals surface area contributed by atoms with Crippen molar-refractivity contribution in [1.29, 1.82) is 0 Å². The maximum absolute atomic E-state index is 14.4. The van der Waals surface area contributed by atoms with Crippen LogP contribution in [0.3, 0.4) is 0 Å². The van der Waals surface area contributed by atoms with Crippen LogP contribution in [0.5, 0.6) is 5.75 Å². The Morgan fingerprint density at radius 1 is 0.602 bits per heavy atom. The average Bonchev–Trinajstić information content (AvgIpc) is 1.64. The maximum atomic E-state index is 14.4. The van der Waals surface area contributed by atoms with Gasteiger partial charge in [-0.3, -0.25) is 76.5 Å². The number of aromatic amines is 1. The fraction of sp³-hybridized carbons (Fsp3) is 0.417. The number of para-hydroxylation sites is 1. The molecule has 20 N–H and O–H groups in total. The first kappa shape index (κ1) is 78.0. The first-order valence-corrected chi connectivity index (χ1v) is 32.8. The van der Waals surface area contributed by atoms with Crippen molar-refractivity contribution >= 4 is 122 Å². The van der Waals surface area contributed by atoms with Crippen LogP contribution in [0.15, 0.2) is 85.1 Å². The van der Waals surface area contributed by atoms with Gasteiger partial charge in [0.05, 0.1) is 32.0 Å². The van der Waals surface area contributed by atoms with E-state index in [-0.39, 0.29) is 43.4 Å². The van der Waals surface area contributed by atoms with Crippen LogP contribution in [0.2, 0.25) is 0 Å². The Morgan fingerprint density at radius 2 is 1.10 bits per heavy atom. The molecule has 1 aliphatic rings. The topological polar surface area (TPSA) is 580 Å². The lowest BCUT2D eigenvalue weighted by Crippen LogP contribution is -2.59. The number of rotatable bonds is 40. The number of carboxylic acids is 2. The molecule has 98 heavy (non-hydrogen) atoms. The number of aliphatic carboxylic acids is 2. The molecule has 0 spiro atoms. The highest BCUT2D eigenvalue weighted by molar-refractivity contribution is 7.98. The first-order chi connectivity index (χ1) is 46.3. The molecular weight excluding hydrogens is 1330 g/mol. The van der Waals surface area contributed by atoms with E-state index in [4.69, 9.17) is 16.0 Å². The first-order valence-electron chi connectivity index (χ1n) is 30.1. The predicted molar refractivity (Wildman–Crippen MR) is 344 cm³/mol. The van der Waals surface area contributed by atoms with Crippen LogP contribution in [0.4, 0.5) is 0 Å². The van der Waals surface area contributed by atoms with E-state index in [1.54, 1.807) is 67.0 Å². The highest BCUT2D eigenvalue weighted by atomic mass is 32.3. The van der Waals surface area contributed by atoms with Crippen LogP contribution in [-0.2, 0) is 102 Å². The third-order valence-electron chi connectivity index (χ3n) is 14.7. The van der Waals surface area contributed by atoms with Gasteiger partial charge in [0.1, 0.15) is 60.1 Å². The summed E-state index contributed by atoms with van der Waals surface area (Å²) in [5.41, 5.74) is 12.7. The Hall–Kier alpha value is -10.7. The molecular formula is C60H76N14O22S2. The summed E-state index contributed by atoms with van der Waals surface area (Å²) in [6.07, 6.45) is -2.50. The van der Waals surface area contributed by atoms with Gasteiger partial charge in [-0.1, -0.05) is 60.7 Å². The lowest BCUT2D eigenvalue weighted by molar-refractivity contribution is -0.142. The van der Waals surface area contributed by atoms with Crippen molar-refractivity contribution < 1.29 is 104 Å². The second kappa shape index (κ2) is 37.5. The van der Waals surface area contributed by atoms with Crippen LogP contribution < -0.4 is 74.1 Å². The number of H-pyrrole nitrogens is 1. The molecule has 2 heterocycles. The number of benzene rings is 3. The minimum atomic E-state index is -5.00. The van der Waals surface area contributed by atoms with Gasteiger partial charge in [-0.2, -0.15) is 20.2 Å². The molecule has 0 radical (unpaired) electrons. The molecule has 10 atom stereocenters. The quantitative estimate of drug-likeness (QED) is 0.0185. The van der Waals surface area contributed by atoms with Gasteiger partial charge in [0.25, 0.3) is 0 Å². The second-order valence-corrected chi connectivity index (χ2v) is 24.4. The van der Waals surface area contributed by atoms with Crippen molar-refractivity contribution in [3.63, 3.8) is 0 Å². The lowest BCUT2D eigenvalue weighted by Gasteiger charge is -2.26. The van der Waals surface area contributed by atoms with E-state index in [0.717, 1.165) is 19.1 Å². The van der Waals surface area contributed by atoms with E-state index in [0.29, 0.717) is 22.0 Å². The van der Waals surface area contributed by atoms with Crippen molar-refractivity contribution in [1.82, 2.24) is 63.5 Å². The summed E-state index contributed by atoms with van der Waals surface area (Å²) >= 11 is 1.26. The molecule has 1 fully saturated rings. The molecule has 1 saturated heterocycles. The van der Waals surface area contributed by atoms with Gasteiger partial charge >= 0.3 is 22.3 Å². The third-order valence-corrected chi connectivity index (χ3v) is 15.8. The van der Waals surface area contributed by atoms with E-state index in [2.05, 4.69) is 67.7 Å². The molecule has 530 valence electrons. The molecule has 1 aliphatic heterocycles. The number of nitrogens with one attached hydrogen (secondary N) is 12. The fourth-order valence-electron chi connectivity index (χ4n) is 9.77. The van der Waals surface area contributed by atoms with Crippen molar-refractivity contribution in [2.24, 2.45) is 11.5 Å². The van der Waals surface area contributed by atoms with Crippen LogP contribution in [-0.4, -0.2) is 208 Å². The van der Waals surface area contributed by atoms with Crippen LogP contribution in [0, 0.1) is 0 Å². The number of primary amides is 2. The normalized spacial score (nSPS) is 15.4. The monoisotopic (exact) mass is 1410 g/mol. The molecule has 13 amide bonds. The summed E-state index contributed by atoms with van der Waals surface area (Å²) in [4.78, 5) is 201. The van der Waals surface area contributed by atoms with Gasteiger partial charge in [0.2, 0.25) is 76.8 Å². The number of carbonyl (C=O) groups excluding carboxylic acids is 13. The number of carboxylic acid groups (broad SMARTS) is 2. The van der Waals surface area contributed by atoms with E-state index in [1.807, 2.05) is 0 Å². The Balaban J connectivity index is 1.29. The Labute approximate surface area is 563 Å². The fourth-order valence-corrected chi connectivity index (χ4v) is 10.6. The molecule has 0 bridgehead atoms. The summed E-state index contributed by atoms with van der Waals surface area (Å²) in [6.45, 7) is -0.886. The molecule has 1 aromatic heterocycles. The zero-order valence-corrected chi connectivity index (χ0v) is 54.3. The summed E-state index contributed by atoms with van der Waals surface area (Å²) in [7, 11) is -5.00. The largest absolute Gasteiger partial charge is 0.481 e. The number of fused-ring (bicyclic) bond motifs is 1. The number of thioether (sulfide) groups is 1. The van der Waals surface area contributed by atoms with Gasteiger partial charge in [0.15, 0.2) is 0 Å². The standard InChI is InChI=1S/C60H76N14O22S2/c1-30(75)51(74-48(79)29-64-53(85)41(23-32-12-14-34(15-13-32)96-98(93,94)95)71-59(91)44(26-50(82)83)72-55(87)38(16-18-45(61)76)68-54(86)37-17-19-46(77)66-37)60(92)65-28-47(78)67-42(24-33-27-63-36-11-7-6-10-35(33)36)57(89)69-39(20-21-97-2)56(88)73-43(25-49(80)81)58(90)70-40(52(62)84)22-31-8-4-3-5-9-31/h3-15,27,30,37-44,51,63,75H,16-26,28-29H2,1-2H3,(H2,61,76)(H2,62,84)(H,64,85)(H,65,92)(H,66,77)(H,67,78)(H,68,86)(H,69,89)(H,70,90)(H,71,91)(H,72,87)(H,73,88)(H,74,79)(H,80,81)(H,82,83)(H,93,94,95). The van der Waals surface area contributed by atoms with Crippen LogP contribution in [0.1, 0.15) is 68.6 Å². The summed E-state index contributed by atoms with van der Waals surface area (Å²) in [5.74, 6) is -16.8.